The predicted octanol–water partition coefficient (Wildman–Crippen LogP) is 13.1. The molecule has 0 saturated heterocycles. The topological polar surface area (TPSA) is 3.24 Å². The second kappa shape index (κ2) is 11.1. The van der Waals surface area contributed by atoms with Gasteiger partial charge in [-0.3, -0.25) is 0 Å². The summed E-state index contributed by atoms with van der Waals surface area (Å²) in [5.41, 5.74) is 13.6. The third-order valence-corrected chi connectivity index (χ3v) is 10.3. The van der Waals surface area contributed by atoms with Gasteiger partial charge in [0, 0.05) is 22.1 Å². The van der Waals surface area contributed by atoms with Gasteiger partial charge >= 0.3 is 0 Å². The third kappa shape index (κ3) is 4.47. The van der Waals surface area contributed by atoms with E-state index in [0.29, 0.717) is 0 Å². The van der Waals surface area contributed by atoms with E-state index in [0.717, 1.165) is 11.4 Å². The smallest absolute Gasteiger partial charge is 0.0540 e. The van der Waals surface area contributed by atoms with Gasteiger partial charge in [0.2, 0.25) is 0 Å². The van der Waals surface area contributed by atoms with Gasteiger partial charge in [-0.05, 0) is 85.4 Å². The molecule has 9 rings (SSSR count). The summed E-state index contributed by atoms with van der Waals surface area (Å²) in [6.07, 6.45) is 0. The highest BCUT2D eigenvalue weighted by Crippen LogP contribution is 2.52. The number of fused-ring (bicyclic) bond motifs is 5. The molecule has 8 aromatic rings. The van der Waals surface area contributed by atoms with Crippen LogP contribution in [0.3, 0.4) is 0 Å². The summed E-state index contributed by atoms with van der Waals surface area (Å²) in [7, 11) is 0. The zero-order valence-electron chi connectivity index (χ0n) is 27.2. The minimum Gasteiger partial charge on any atom is -0.309 e. The molecule has 0 saturated carbocycles. The number of hydrogen-bond acceptors (Lipinski definition) is 1. The Morgan fingerprint density at radius 2 is 0.938 bits per heavy atom. The van der Waals surface area contributed by atoms with Crippen LogP contribution in [0.25, 0.3) is 54.9 Å². The minimum absolute atomic E-state index is 0.176. The van der Waals surface area contributed by atoms with Crippen molar-refractivity contribution in [3.8, 4) is 33.4 Å². The van der Waals surface area contributed by atoms with Crippen molar-refractivity contribution in [2.75, 3.05) is 4.90 Å². The third-order valence-electron chi connectivity index (χ3n) is 10.3. The van der Waals surface area contributed by atoms with Gasteiger partial charge in [0.15, 0.2) is 0 Å². The highest BCUT2D eigenvalue weighted by molar-refractivity contribution is 6.02. The number of benzene rings is 8. The van der Waals surface area contributed by atoms with Gasteiger partial charge in [-0.25, -0.2) is 0 Å². The van der Waals surface area contributed by atoms with E-state index in [9.17, 15) is 0 Å². The van der Waals surface area contributed by atoms with Gasteiger partial charge in [-0.15, -0.1) is 0 Å². The van der Waals surface area contributed by atoms with Crippen LogP contribution in [0.1, 0.15) is 25.0 Å². The lowest BCUT2D eigenvalue weighted by molar-refractivity contribution is 0.660. The number of rotatable bonds is 5. The number of anilines is 3. The molecule has 0 heterocycles. The van der Waals surface area contributed by atoms with E-state index in [2.05, 4.69) is 195 Å². The second-order valence-electron chi connectivity index (χ2n) is 13.4. The Hall–Kier alpha value is -5.92. The molecule has 228 valence electrons. The van der Waals surface area contributed by atoms with Crippen LogP contribution in [0.15, 0.2) is 176 Å². The van der Waals surface area contributed by atoms with Gasteiger partial charge in [0.25, 0.3) is 0 Å². The Morgan fingerprint density at radius 3 is 1.75 bits per heavy atom. The summed E-state index contributed by atoms with van der Waals surface area (Å²) in [5.74, 6) is 0. The van der Waals surface area contributed by atoms with Crippen LogP contribution in [0.4, 0.5) is 17.1 Å². The van der Waals surface area contributed by atoms with Crippen molar-refractivity contribution in [3.63, 3.8) is 0 Å². The van der Waals surface area contributed by atoms with E-state index in [1.165, 1.54) is 71.7 Å². The summed E-state index contributed by atoms with van der Waals surface area (Å²) in [5, 5.41) is 5.02. The first-order valence-electron chi connectivity index (χ1n) is 16.8. The Balaban J connectivity index is 1.23. The molecule has 0 spiro atoms. The van der Waals surface area contributed by atoms with Crippen molar-refractivity contribution in [2.45, 2.75) is 19.3 Å². The molecule has 0 atom stereocenters. The molecule has 1 nitrogen and oxygen atoms in total. The van der Waals surface area contributed by atoms with Gasteiger partial charge in [0.05, 0.1) is 11.4 Å². The monoisotopic (exact) mass is 613 g/mol. The molecular formula is C47H35N. The summed E-state index contributed by atoms with van der Waals surface area (Å²) >= 11 is 0. The molecule has 0 fully saturated rings. The van der Waals surface area contributed by atoms with E-state index >= 15 is 0 Å². The molecule has 8 aromatic carbocycles. The molecule has 1 aliphatic carbocycles. The molecule has 48 heavy (non-hydrogen) atoms. The first kappa shape index (κ1) is 28.3. The quantitative estimate of drug-likeness (QED) is 0.187. The van der Waals surface area contributed by atoms with Crippen molar-refractivity contribution in [2.24, 2.45) is 0 Å². The SMILES string of the molecule is CC1(C)c2cc(-c3cccc4ccccc34)ccc2-c2ccc(N(c3ccccc3-c3ccccc3)c3cccc4ccccc34)cc21. The van der Waals surface area contributed by atoms with E-state index in [1.807, 2.05) is 0 Å². The van der Waals surface area contributed by atoms with E-state index in [-0.39, 0.29) is 5.41 Å². The van der Waals surface area contributed by atoms with Crippen molar-refractivity contribution in [1.82, 2.24) is 0 Å². The Labute approximate surface area is 282 Å². The van der Waals surface area contributed by atoms with Crippen molar-refractivity contribution in [1.29, 1.82) is 0 Å². The molecule has 1 aliphatic rings. The first-order chi connectivity index (χ1) is 23.6. The van der Waals surface area contributed by atoms with Crippen LogP contribution in [0.5, 0.6) is 0 Å². The van der Waals surface area contributed by atoms with E-state index in [4.69, 9.17) is 0 Å². The Kier molecular flexibility index (Phi) is 6.55. The van der Waals surface area contributed by atoms with E-state index in [1.54, 1.807) is 0 Å². The van der Waals surface area contributed by atoms with Gasteiger partial charge in [-0.2, -0.15) is 0 Å². The van der Waals surface area contributed by atoms with Crippen LogP contribution in [-0.4, -0.2) is 0 Å². The maximum Gasteiger partial charge on any atom is 0.0540 e. The molecule has 0 amide bonds. The van der Waals surface area contributed by atoms with E-state index < -0.39 is 0 Å². The fourth-order valence-corrected chi connectivity index (χ4v) is 7.85. The summed E-state index contributed by atoms with van der Waals surface area (Å²) in [4.78, 5) is 2.46. The summed E-state index contributed by atoms with van der Waals surface area (Å²) in [6.45, 7) is 4.77. The predicted molar refractivity (Wildman–Crippen MR) is 205 cm³/mol. The number of nitrogens with zero attached hydrogens (tertiary/aromatic N) is 1. The van der Waals surface area contributed by atoms with Crippen LogP contribution in [-0.2, 0) is 5.41 Å². The molecule has 0 radical (unpaired) electrons. The highest BCUT2D eigenvalue weighted by Gasteiger charge is 2.36. The lowest BCUT2D eigenvalue weighted by Crippen LogP contribution is -2.17. The molecule has 0 N–H and O–H groups in total. The normalized spacial score (nSPS) is 13.0. The van der Waals surface area contributed by atoms with Crippen molar-refractivity contribution in [3.05, 3.63) is 187 Å². The average molecular weight is 614 g/mol. The maximum atomic E-state index is 2.46. The second-order valence-corrected chi connectivity index (χ2v) is 13.4. The maximum absolute atomic E-state index is 2.46. The fraction of sp³-hybridized carbons (Fsp3) is 0.0638. The first-order valence-corrected chi connectivity index (χ1v) is 16.8. The largest absolute Gasteiger partial charge is 0.309 e. The molecule has 0 aliphatic heterocycles. The fourth-order valence-electron chi connectivity index (χ4n) is 7.85. The minimum atomic E-state index is -0.176. The van der Waals surface area contributed by atoms with Gasteiger partial charge < -0.3 is 4.90 Å². The van der Waals surface area contributed by atoms with Crippen LogP contribution < -0.4 is 4.90 Å². The number of hydrogen-bond donors (Lipinski definition) is 0. The lowest BCUT2D eigenvalue weighted by atomic mass is 9.81. The molecule has 0 aromatic heterocycles. The zero-order valence-corrected chi connectivity index (χ0v) is 27.2. The zero-order chi connectivity index (χ0) is 32.2. The average Bonchev–Trinajstić information content (AvgIpc) is 3.37. The van der Waals surface area contributed by atoms with Gasteiger partial charge in [-0.1, -0.05) is 159 Å². The summed E-state index contributed by atoms with van der Waals surface area (Å²) in [6, 6.07) is 64.4. The molecular weight excluding hydrogens is 579 g/mol. The van der Waals surface area contributed by atoms with Crippen LogP contribution in [0, 0.1) is 0 Å². The number of para-hydroxylation sites is 1. The lowest BCUT2D eigenvalue weighted by Gasteiger charge is -2.30. The molecule has 0 bridgehead atoms. The molecule has 0 unspecified atom stereocenters. The van der Waals surface area contributed by atoms with Crippen LogP contribution in [0.2, 0.25) is 0 Å². The van der Waals surface area contributed by atoms with Crippen molar-refractivity contribution >= 4 is 38.6 Å². The van der Waals surface area contributed by atoms with Crippen LogP contribution >= 0.6 is 0 Å². The Bertz CT molecular complexity index is 2480. The Morgan fingerprint density at radius 1 is 0.375 bits per heavy atom. The van der Waals surface area contributed by atoms with Gasteiger partial charge in [0.1, 0.15) is 0 Å². The molecule has 1 heteroatoms. The standard InChI is InChI=1S/C47H35N/c1-47(2)43-30-35(38-23-12-18-32-16-6-8-20-37(32)38)26-28-41(43)42-29-27-36(31-44(42)47)48(46-25-13-19-34-17-7-9-21-40(34)46)45-24-11-10-22-39(45)33-14-4-3-5-15-33/h3-31H,1-2H3. The van der Waals surface area contributed by atoms with Crippen molar-refractivity contribution < 1.29 is 0 Å². The summed E-state index contributed by atoms with van der Waals surface area (Å²) < 4.78 is 0. The highest BCUT2D eigenvalue weighted by atomic mass is 15.1.